The topological polar surface area (TPSA) is 21.3 Å². The number of hydrogen-bond acceptors (Lipinski definition) is 2. The van der Waals surface area contributed by atoms with Gasteiger partial charge in [-0.1, -0.05) is 29.3 Å². The average Bonchev–Trinajstić information content (AvgIpc) is 2.75. The molecule has 2 nitrogen and oxygen atoms in total. The fraction of sp³-hybridized carbons (Fsp3) is 0.625. The standard InChI is InChI=1S/C16H25NO/c1-11-8-12(2)10-14(9-11)13(3)17-15-6-5-7-16(15)18-4/h8-10,13,15-17H,5-7H2,1-4H3. The summed E-state index contributed by atoms with van der Waals surface area (Å²) in [6.07, 6.45) is 4.08. The monoisotopic (exact) mass is 247 g/mol. The van der Waals surface area contributed by atoms with E-state index in [-0.39, 0.29) is 0 Å². The van der Waals surface area contributed by atoms with Crippen LogP contribution in [0.3, 0.4) is 0 Å². The molecule has 1 saturated carbocycles. The molecule has 0 bridgehead atoms. The molecule has 0 saturated heterocycles. The zero-order valence-corrected chi connectivity index (χ0v) is 12.0. The number of rotatable bonds is 4. The molecule has 0 radical (unpaired) electrons. The molecule has 1 fully saturated rings. The van der Waals surface area contributed by atoms with Crippen molar-refractivity contribution in [3.8, 4) is 0 Å². The fourth-order valence-electron chi connectivity index (χ4n) is 3.08. The van der Waals surface area contributed by atoms with Gasteiger partial charge in [-0.05, 0) is 45.6 Å². The summed E-state index contributed by atoms with van der Waals surface area (Å²) >= 11 is 0. The normalized spacial score (nSPS) is 25.3. The molecule has 18 heavy (non-hydrogen) atoms. The van der Waals surface area contributed by atoms with Crippen LogP contribution in [0.2, 0.25) is 0 Å². The van der Waals surface area contributed by atoms with Gasteiger partial charge in [-0.2, -0.15) is 0 Å². The molecule has 3 atom stereocenters. The Morgan fingerprint density at radius 2 is 1.83 bits per heavy atom. The van der Waals surface area contributed by atoms with E-state index in [0.29, 0.717) is 18.2 Å². The summed E-state index contributed by atoms with van der Waals surface area (Å²) in [6, 6.07) is 7.68. The maximum Gasteiger partial charge on any atom is 0.0724 e. The Morgan fingerprint density at radius 3 is 2.44 bits per heavy atom. The molecule has 100 valence electrons. The molecule has 1 aliphatic rings. The minimum absolute atomic E-state index is 0.387. The van der Waals surface area contributed by atoms with Crippen LogP contribution in [0.1, 0.15) is 48.9 Å². The lowest BCUT2D eigenvalue weighted by Gasteiger charge is -2.25. The number of nitrogens with one attached hydrogen (secondary N) is 1. The quantitative estimate of drug-likeness (QED) is 0.879. The summed E-state index contributed by atoms with van der Waals surface area (Å²) in [4.78, 5) is 0. The summed E-state index contributed by atoms with van der Waals surface area (Å²) in [7, 11) is 1.83. The molecule has 2 rings (SSSR count). The Morgan fingerprint density at radius 1 is 1.17 bits per heavy atom. The van der Waals surface area contributed by atoms with E-state index in [1.807, 2.05) is 7.11 Å². The predicted octanol–water partition coefficient (Wildman–Crippen LogP) is 3.52. The van der Waals surface area contributed by atoms with Gasteiger partial charge in [-0.15, -0.1) is 0 Å². The third-order valence-corrected chi connectivity index (χ3v) is 3.96. The third kappa shape index (κ3) is 3.12. The van der Waals surface area contributed by atoms with Gasteiger partial charge in [-0.25, -0.2) is 0 Å². The highest BCUT2D eigenvalue weighted by Gasteiger charge is 2.28. The van der Waals surface area contributed by atoms with Crippen LogP contribution in [-0.4, -0.2) is 19.3 Å². The van der Waals surface area contributed by atoms with E-state index in [1.54, 1.807) is 0 Å². The van der Waals surface area contributed by atoms with E-state index < -0.39 is 0 Å². The van der Waals surface area contributed by atoms with Crippen molar-refractivity contribution < 1.29 is 4.74 Å². The van der Waals surface area contributed by atoms with Crippen LogP contribution in [0.4, 0.5) is 0 Å². The maximum atomic E-state index is 5.55. The van der Waals surface area contributed by atoms with Crippen molar-refractivity contribution in [1.29, 1.82) is 0 Å². The zero-order chi connectivity index (χ0) is 13.1. The number of benzene rings is 1. The van der Waals surface area contributed by atoms with Crippen LogP contribution in [-0.2, 0) is 4.74 Å². The van der Waals surface area contributed by atoms with Gasteiger partial charge in [0.15, 0.2) is 0 Å². The Bertz CT molecular complexity index is 382. The molecule has 0 aromatic heterocycles. The van der Waals surface area contributed by atoms with Crippen molar-refractivity contribution in [3.63, 3.8) is 0 Å². The second-order valence-corrected chi connectivity index (χ2v) is 5.62. The Labute approximate surface area is 111 Å². The summed E-state index contributed by atoms with van der Waals surface area (Å²) < 4.78 is 5.55. The molecule has 3 unspecified atom stereocenters. The van der Waals surface area contributed by atoms with E-state index in [2.05, 4.69) is 44.3 Å². The van der Waals surface area contributed by atoms with Crippen molar-refractivity contribution >= 4 is 0 Å². The van der Waals surface area contributed by atoms with Gasteiger partial charge in [0.25, 0.3) is 0 Å². The molecule has 2 heteroatoms. The van der Waals surface area contributed by atoms with Gasteiger partial charge in [0, 0.05) is 19.2 Å². The second kappa shape index (κ2) is 5.85. The predicted molar refractivity (Wildman–Crippen MR) is 75.9 cm³/mol. The molecule has 1 aromatic carbocycles. The molecular weight excluding hydrogens is 222 g/mol. The first-order valence-corrected chi connectivity index (χ1v) is 6.97. The smallest absolute Gasteiger partial charge is 0.0724 e. The van der Waals surface area contributed by atoms with Gasteiger partial charge < -0.3 is 10.1 Å². The first kappa shape index (κ1) is 13.6. The Balaban J connectivity index is 2.04. The molecule has 1 aliphatic carbocycles. The second-order valence-electron chi connectivity index (χ2n) is 5.62. The van der Waals surface area contributed by atoms with Gasteiger partial charge in [0.1, 0.15) is 0 Å². The lowest BCUT2D eigenvalue weighted by Crippen LogP contribution is -2.38. The molecule has 0 amide bonds. The van der Waals surface area contributed by atoms with Crippen LogP contribution < -0.4 is 5.32 Å². The zero-order valence-electron chi connectivity index (χ0n) is 12.0. The van der Waals surface area contributed by atoms with E-state index >= 15 is 0 Å². The van der Waals surface area contributed by atoms with Crippen molar-refractivity contribution in [2.75, 3.05) is 7.11 Å². The summed E-state index contributed by atoms with van der Waals surface area (Å²) in [5.74, 6) is 0. The Kier molecular flexibility index (Phi) is 4.41. The highest BCUT2D eigenvalue weighted by molar-refractivity contribution is 5.30. The van der Waals surface area contributed by atoms with Gasteiger partial charge in [0.2, 0.25) is 0 Å². The summed E-state index contributed by atoms with van der Waals surface area (Å²) in [5.41, 5.74) is 4.07. The molecule has 0 heterocycles. The molecule has 1 aromatic rings. The minimum atomic E-state index is 0.387. The maximum absolute atomic E-state index is 5.55. The first-order valence-electron chi connectivity index (χ1n) is 6.97. The van der Waals surface area contributed by atoms with Crippen LogP contribution in [0.5, 0.6) is 0 Å². The van der Waals surface area contributed by atoms with Gasteiger partial charge >= 0.3 is 0 Å². The SMILES string of the molecule is COC1CCCC1NC(C)c1cc(C)cc(C)c1. The van der Waals surface area contributed by atoms with E-state index in [4.69, 9.17) is 4.74 Å². The van der Waals surface area contributed by atoms with Gasteiger partial charge in [0.05, 0.1) is 6.10 Å². The van der Waals surface area contributed by atoms with Crippen LogP contribution in [0, 0.1) is 13.8 Å². The molecular formula is C16H25NO. The van der Waals surface area contributed by atoms with Gasteiger partial charge in [-0.3, -0.25) is 0 Å². The number of ether oxygens (including phenoxy) is 1. The van der Waals surface area contributed by atoms with Crippen LogP contribution in [0.15, 0.2) is 18.2 Å². The van der Waals surface area contributed by atoms with E-state index in [1.165, 1.54) is 36.0 Å². The average molecular weight is 247 g/mol. The van der Waals surface area contributed by atoms with Crippen molar-refractivity contribution in [1.82, 2.24) is 5.32 Å². The highest BCUT2D eigenvalue weighted by Crippen LogP contribution is 2.25. The number of hydrogen-bond donors (Lipinski definition) is 1. The Hall–Kier alpha value is -0.860. The first-order chi connectivity index (χ1) is 8.60. The molecule has 1 N–H and O–H groups in total. The third-order valence-electron chi connectivity index (χ3n) is 3.96. The van der Waals surface area contributed by atoms with Crippen molar-refractivity contribution in [3.05, 3.63) is 34.9 Å². The number of aryl methyl sites for hydroxylation is 2. The van der Waals surface area contributed by atoms with Crippen LogP contribution >= 0.6 is 0 Å². The summed E-state index contributed by atoms with van der Waals surface area (Å²) in [6.45, 7) is 6.58. The lowest BCUT2D eigenvalue weighted by molar-refractivity contribution is 0.0820. The molecule has 0 spiro atoms. The largest absolute Gasteiger partial charge is 0.380 e. The van der Waals surface area contributed by atoms with Crippen LogP contribution in [0.25, 0.3) is 0 Å². The fourth-order valence-corrected chi connectivity index (χ4v) is 3.08. The van der Waals surface area contributed by atoms with Crippen molar-refractivity contribution in [2.24, 2.45) is 0 Å². The van der Waals surface area contributed by atoms with E-state index in [9.17, 15) is 0 Å². The van der Waals surface area contributed by atoms with Crippen molar-refractivity contribution in [2.45, 2.75) is 58.2 Å². The molecule has 0 aliphatic heterocycles. The summed E-state index contributed by atoms with van der Waals surface area (Å²) in [5, 5.41) is 3.73. The van der Waals surface area contributed by atoms with E-state index in [0.717, 1.165) is 0 Å². The minimum Gasteiger partial charge on any atom is -0.380 e. The lowest BCUT2D eigenvalue weighted by atomic mass is 10.0. The highest BCUT2D eigenvalue weighted by atomic mass is 16.5. The number of methoxy groups -OCH3 is 1.